The van der Waals surface area contributed by atoms with Crippen molar-refractivity contribution in [3.8, 4) is 5.75 Å². The number of ether oxygens (including phenoxy) is 1. The van der Waals surface area contributed by atoms with E-state index >= 15 is 0 Å². The van der Waals surface area contributed by atoms with Gasteiger partial charge in [0.05, 0.1) is 32.1 Å². The van der Waals surface area contributed by atoms with Crippen molar-refractivity contribution < 1.29 is 14.3 Å². The molecule has 0 spiro atoms. The number of hydrogen-bond donors (Lipinski definition) is 2. The van der Waals surface area contributed by atoms with E-state index in [2.05, 4.69) is 10.3 Å². The number of nitrogens with one attached hydrogen (secondary N) is 1. The van der Waals surface area contributed by atoms with Gasteiger partial charge in [-0.1, -0.05) is 0 Å². The summed E-state index contributed by atoms with van der Waals surface area (Å²) in [5, 5.41) is 13.2. The molecule has 0 saturated heterocycles. The van der Waals surface area contributed by atoms with Crippen LogP contribution in [0.2, 0.25) is 0 Å². The van der Waals surface area contributed by atoms with E-state index < -0.39 is 0 Å². The van der Waals surface area contributed by atoms with E-state index in [1.165, 1.54) is 0 Å². The average molecular weight is 327 g/mol. The van der Waals surface area contributed by atoms with E-state index in [1.54, 1.807) is 13.3 Å². The Balaban J connectivity index is 1.65. The number of rotatable bonds is 7. The molecule has 2 heterocycles. The van der Waals surface area contributed by atoms with Crippen LogP contribution >= 0.6 is 0 Å². The molecule has 0 saturated carbocycles. The zero-order valence-electron chi connectivity index (χ0n) is 13.8. The SMILES string of the molecule is COc1ccc2oc(CNc3ccc(N(C)CCO)cn3)cc2c1. The number of hydrogen-bond acceptors (Lipinski definition) is 6. The molecule has 2 N–H and O–H groups in total. The summed E-state index contributed by atoms with van der Waals surface area (Å²) in [5.74, 6) is 2.42. The molecule has 0 fully saturated rings. The number of fused-ring (bicyclic) bond motifs is 1. The van der Waals surface area contributed by atoms with Crippen LogP contribution in [0.15, 0.2) is 47.0 Å². The van der Waals surface area contributed by atoms with E-state index in [0.717, 1.165) is 34.0 Å². The Morgan fingerprint density at radius 1 is 1.25 bits per heavy atom. The number of aromatic nitrogens is 1. The van der Waals surface area contributed by atoms with Crippen LogP contribution in [0.4, 0.5) is 11.5 Å². The summed E-state index contributed by atoms with van der Waals surface area (Å²) in [6.07, 6.45) is 1.78. The lowest BCUT2D eigenvalue weighted by atomic mass is 10.2. The standard InChI is InChI=1S/C18H21N3O3/c1-21(7-8-22)14-3-6-18(19-11-14)20-12-16-10-13-9-15(23-2)4-5-17(13)24-16/h3-6,9-11,22H,7-8,12H2,1-2H3,(H,19,20). The summed E-state index contributed by atoms with van der Waals surface area (Å²) in [6.45, 7) is 1.25. The molecule has 1 aromatic carbocycles. The van der Waals surface area contributed by atoms with Gasteiger partial charge in [-0.25, -0.2) is 4.98 Å². The molecule has 0 bridgehead atoms. The van der Waals surface area contributed by atoms with Gasteiger partial charge in [-0.2, -0.15) is 0 Å². The predicted octanol–water partition coefficient (Wildman–Crippen LogP) is 2.88. The first-order valence-electron chi connectivity index (χ1n) is 7.78. The van der Waals surface area contributed by atoms with Crippen LogP contribution in [0.5, 0.6) is 5.75 Å². The number of anilines is 2. The smallest absolute Gasteiger partial charge is 0.134 e. The molecule has 0 amide bonds. The van der Waals surface area contributed by atoms with Crippen molar-refractivity contribution in [2.24, 2.45) is 0 Å². The minimum Gasteiger partial charge on any atom is -0.497 e. The molecule has 6 nitrogen and oxygen atoms in total. The van der Waals surface area contributed by atoms with Gasteiger partial charge < -0.3 is 24.5 Å². The van der Waals surface area contributed by atoms with Crippen molar-refractivity contribution in [2.75, 3.05) is 37.5 Å². The van der Waals surface area contributed by atoms with Crippen LogP contribution in [0.3, 0.4) is 0 Å². The third kappa shape index (κ3) is 3.60. The third-order valence-electron chi connectivity index (χ3n) is 3.84. The Bertz CT molecular complexity index is 799. The second kappa shape index (κ2) is 7.23. The topological polar surface area (TPSA) is 70.8 Å². The highest BCUT2D eigenvalue weighted by molar-refractivity contribution is 5.79. The molecule has 0 radical (unpaired) electrons. The van der Waals surface area contributed by atoms with Crippen molar-refractivity contribution in [3.63, 3.8) is 0 Å². The maximum atomic E-state index is 8.96. The number of pyridine rings is 1. The Hall–Kier alpha value is -2.73. The lowest BCUT2D eigenvalue weighted by molar-refractivity contribution is 0.304. The van der Waals surface area contributed by atoms with Crippen LogP contribution in [0.1, 0.15) is 5.76 Å². The fourth-order valence-corrected chi connectivity index (χ4v) is 2.46. The molecule has 3 aromatic rings. The molecule has 0 atom stereocenters. The van der Waals surface area contributed by atoms with Crippen LogP contribution < -0.4 is 15.0 Å². The zero-order valence-corrected chi connectivity index (χ0v) is 13.8. The van der Waals surface area contributed by atoms with Gasteiger partial charge in [-0.05, 0) is 36.4 Å². The fraction of sp³-hybridized carbons (Fsp3) is 0.278. The fourth-order valence-electron chi connectivity index (χ4n) is 2.46. The predicted molar refractivity (Wildman–Crippen MR) is 94.7 cm³/mol. The molecular formula is C18H21N3O3. The molecular weight excluding hydrogens is 306 g/mol. The molecule has 0 aliphatic rings. The molecule has 24 heavy (non-hydrogen) atoms. The molecule has 0 unspecified atom stereocenters. The van der Waals surface area contributed by atoms with E-state index in [1.807, 2.05) is 48.3 Å². The van der Waals surface area contributed by atoms with E-state index in [9.17, 15) is 0 Å². The summed E-state index contributed by atoms with van der Waals surface area (Å²) in [6, 6.07) is 11.6. The average Bonchev–Trinajstić information content (AvgIpc) is 3.02. The summed E-state index contributed by atoms with van der Waals surface area (Å²) >= 11 is 0. The largest absolute Gasteiger partial charge is 0.497 e. The first-order chi connectivity index (χ1) is 11.7. The van der Waals surface area contributed by atoms with Crippen molar-refractivity contribution in [3.05, 3.63) is 48.4 Å². The highest BCUT2D eigenvalue weighted by Gasteiger charge is 2.06. The van der Waals surface area contributed by atoms with Gasteiger partial charge >= 0.3 is 0 Å². The first-order valence-corrected chi connectivity index (χ1v) is 7.78. The number of nitrogens with zero attached hydrogens (tertiary/aromatic N) is 2. The van der Waals surface area contributed by atoms with Crippen LogP contribution in [-0.2, 0) is 6.54 Å². The van der Waals surface area contributed by atoms with Crippen LogP contribution in [0, 0.1) is 0 Å². The van der Waals surface area contributed by atoms with E-state index in [0.29, 0.717) is 13.1 Å². The number of benzene rings is 1. The number of aliphatic hydroxyl groups is 1. The quantitative estimate of drug-likeness (QED) is 0.695. The van der Waals surface area contributed by atoms with Crippen molar-refractivity contribution >= 4 is 22.5 Å². The number of likely N-dealkylation sites (N-methyl/N-ethyl adjacent to an activating group) is 1. The highest BCUT2D eigenvalue weighted by atomic mass is 16.5. The molecule has 0 aliphatic heterocycles. The van der Waals surface area contributed by atoms with E-state index in [-0.39, 0.29) is 6.61 Å². The number of aliphatic hydroxyl groups excluding tert-OH is 1. The monoisotopic (exact) mass is 327 g/mol. The lowest BCUT2D eigenvalue weighted by Crippen LogP contribution is -2.21. The third-order valence-corrected chi connectivity index (χ3v) is 3.84. The maximum Gasteiger partial charge on any atom is 0.134 e. The van der Waals surface area contributed by atoms with Crippen molar-refractivity contribution in [1.29, 1.82) is 0 Å². The summed E-state index contributed by atoms with van der Waals surface area (Å²) in [7, 11) is 3.57. The first kappa shape index (κ1) is 16.1. The van der Waals surface area contributed by atoms with Crippen LogP contribution in [0.25, 0.3) is 11.0 Å². The molecule has 0 aliphatic carbocycles. The number of furan rings is 1. The van der Waals surface area contributed by atoms with Gasteiger partial charge in [0.15, 0.2) is 0 Å². The van der Waals surface area contributed by atoms with Gasteiger partial charge in [0.25, 0.3) is 0 Å². The van der Waals surface area contributed by atoms with Gasteiger partial charge in [0, 0.05) is 19.0 Å². The van der Waals surface area contributed by atoms with Crippen LogP contribution in [-0.4, -0.2) is 37.4 Å². The Kier molecular flexibility index (Phi) is 4.86. The molecule has 6 heteroatoms. The Morgan fingerprint density at radius 2 is 2.12 bits per heavy atom. The van der Waals surface area contributed by atoms with Crippen molar-refractivity contribution in [2.45, 2.75) is 6.54 Å². The molecule has 126 valence electrons. The summed E-state index contributed by atoms with van der Waals surface area (Å²) in [4.78, 5) is 6.33. The second-order valence-corrected chi connectivity index (χ2v) is 5.52. The number of methoxy groups -OCH3 is 1. The van der Waals surface area contributed by atoms with Gasteiger partial charge in [0.1, 0.15) is 22.9 Å². The Labute approximate surface area is 140 Å². The minimum absolute atomic E-state index is 0.118. The van der Waals surface area contributed by atoms with Gasteiger partial charge in [-0.3, -0.25) is 0 Å². The summed E-state index contributed by atoms with van der Waals surface area (Å²) in [5.41, 5.74) is 1.80. The molecule has 2 aromatic heterocycles. The molecule has 3 rings (SSSR count). The highest BCUT2D eigenvalue weighted by Crippen LogP contribution is 2.24. The van der Waals surface area contributed by atoms with Crippen molar-refractivity contribution in [1.82, 2.24) is 4.98 Å². The van der Waals surface area contributed by atoms with E-state index in [4.69, 9.17) is 14.3 Å². The van der Waals surface area contributed by atoms with Gasteiger partial charge in [0.2, 0.25) is 0 Å². The maximum absolute atomic E-state index is 8.96. The zero-order chi connectivity index (χ0) is 16.9. The Morgan fingerprint density at radius 3 is 2.83 bits per heavy atom. The second-order valence-electron chi connectivity index (χ2n) is 5.52. The normalized spacial score (nSPS) is 10.8. The minimum atomic E-state index is 0.118. The lowest BCUT2D eigenvalue weighted by Gasteiger charge is -2.17. The summed E-state index contributed by atoms with van der Waals surface area (Å²) < 4.78 is 11.0. The van der Waals surface area contributed by atoms with Gasteiger partial charge in [-0.15, -0.1) is 0 Å².